The highest BCUT2D eigenvalue weighted by Gasteiger charge is 2.57. The van der Waals surface area contributed by atoms with E-state index in [1.807, 2.05) is 0 Å². The first-order valence-electron chi connectivity index (χ1n) is 12.1. The first-order valence-corrected chi connectivity index (χ1v) is 13.9. The van der Waals surface area contributed by atoms with Crippen LogP contribution in [0.5, 0.6) is 0 Å². The van der Waals surface area contributed by atoms with Crippen LogP contribution in [0.3, 0.4) is 0 Å². The minimum absolute atomic E-state index is 0.0841. The molecule has 12 heteroatoms. The second kappa shape index (κ2) is 8.63. The highest BCUT2D eigenvalue weighted by atomic mass is 32.2. The summed E-state index contributed by atoms with van der Waals surface area (Å²) in [4.78, 5) is 23.8. The molecule has 0 atom stereocenters. The number of carbonyl (C=O) groups is 1. The third kappa shape index (κ3) is 4.24. The zero-order valence-electron chi connectivity index (χ0n) is 19.9. The van der Waals surface area contributed by atoms with E-state index in [0.717, 1.165) is 12.8 Å². The van der Waals surface area contributed by atoms with Gasteiger partial charge in [0, 0.05) is 44.6 Å². The summed E-state index contributed by atoms with van der Waals surface area (Å²) in [5.41, 5.74) is 2.47. The Labute approximate surface area is 209 Å². The van der Waals surface area contributed by atoms with Crippen LogP contribution in [0.25, 0.3) is 11.5 Å². The van der Waals surface area contributed by atoms with Gasteiger partial charge >= 0.3 is 0 Å². The summed E-state index contributed by atoms with van der Waals surface area (Å²) in [5, 5.41) is 11.7. The van der Waals surface area contributed by atoms with E-state index >= 15 is 0 Å². The van der Waals surface area contributed by atoms with E-state index in [1.165, 1.54) is 21.7 Å². The largest absolute Gasteiger partial charge is 0.419 e. The SMILES string of the molecule is CS(=O)(=O)N1CCN(C(=O)C2(c3nnc(-c4cnc(NC5Cc6ccccc6C5)nc4)o3)CC2)CC1. The molecular weight excluding hydrogens is 482 g/mol. The molecule has 188 valence electrons. The van der Waals surface area contributed by atoms with Crippen LogP contribution in [0.2, 0.25) is 0 Å². The van der Waals surface area contributed by atoms with Crippen LogP contribution in [0, 0.1) is 0 Å². The van der Waals surface area contributed by atoms with Gasteiger partial charge in [-0.3, -0.25) is 4.79 Å². The second-order valence-corrected chi connectivity index (χ2v) is 11.7. The molecular formula is C24H27N7O4S. The summed E-state index contributed by atoms with van der Waals surface area (Å²) in [6.07, 6.45) is 7.60. The number of anilines is 1. The third-order valence-electron chi connectivity index (χ3n) is 7.27. The predicted molar refractivity (Wildman–Crippen MR) is 130 cm³/mol. The molecule has 2 aromatic heterocycles. The summed E-state index contributed by atoms with van der Waals surface area (Å²) in [7, 11) is -3.26. The summed E-state index contributed by atoms with van der Waals surface area (Å²) < 4.78 is 30.8. The van der Waals surface area contributed by atoms with E-state index in [1.54, 1.807) is 17.3 Å². The fraction of sp³-hybridized carbons (Fsp3) is 0.458. The number of carbonyl (C=O) groups excluding carboxylic acids is 1. The Morgan fingerprint density at radius 3 is 2.25 bits per heavy atom. The Balaban J connectivity index is 1.10. The molecule has 0 bridgehead atoms. The maximum absolute atomic E-state index is 13.3. The number of amides is 1. The minimum Gasteiger partial charge on any atom is -0.419 e. The van der Waals surface area contributed by atoms with Crippen LogP contribution in [0.15, 0.2) is 41.1 Å². The number of piperazine rings is 1. The monoisotopic (exact) mass is 509 g/mol. The molecule has 1 aliphatic heterocycles. The Morgan fingerprint density at radius 2 is 1.67 bits per heavy atom. The van der Waals surface area contributed by atoms with Gasteiger partial charge in [0.2, 0.25) is 27.8 Å². The average Bonchev–Trinajstić information content (AvgIpc) is 3.34. The molecule has 1 aromatic carbocycles. The van der Waals surface area contributed by atoms with Crippen LogP contribution in [-0.4, -0.2) is 82.2 Å². The number of hydrogen-bond acceptors (Lipinski definition) is 9. The third-order valence-corrected chi connectivity index (χ3v) is 8.57. The standard InChI is InChI=1S/C24H27N7O4S/c1-36(33,34)31-10-8-30(9-11-31)22(32)24(6-7-24)21-29-28-20(35-21)18-14-25-23(26-15-18)27-19-12-16-4-2-3-5-17(16)13-19/h2-5,14-15,19H,6-13H2,1H3,(H,25,26,27). The van der Waals surface area contributed by atoms with E-state index in [9.17, 15) is 13.2 Å². The lowest BCUT2D eigenvalue weighted by molar-refractivity contribution is -0.135. The lowest BCUT2D eigenvalue weighted by atomic mass is 10.1. The molecule has 11 nitrogen and oxygen atoms in total. The first-order chi connectivity index (χ1) is 17.3. The van der Waals surface area contributed by atoms with Gasteiger partial charge in [0.15, 0.2) is 0 Å². The molecule has 3 aliphatic rings. The molecule has 2 aliphatic carbocycles. The average molecular weight is 510 g/mol. The molecule has 6 rings (SSSR count). The van der Waals surface area contributed by atoms with Crippen molar-refractivity contribution in [3.8, 4) is 11.5 Å². The summed E-state index contributed by atoms with van der Waals surface area (Å²) in [5.74, 6) is 1.02. The molecule has 1 saturated carbocycles. The van der Waals surface area contributed by atoms with Gasteiger partial charge in [-0.15, -0.1) is 10.2 Å². The Hall–Kier alpha value is -3.38. The van der Waals surface area contributed by atoms with Crippen molar-refractivity contribution < 1.29 is 17.6 Å². The molecule has 36 heavy (non-hydrogen) atoms. The van der Waals surface area contributed by atoms with Crippen molar-refractivity contribution in [2.24, 2.45) is 0 Å². The van der Waals surface area contributed by atoms with Crippen molar-refractivity contribution in [1.82, 2.24) is 29.4 Å². The number of hydrogen-bond donors (Lipinski definition) is 1. The van der Waals surface area contributed by atoms with Gasteiger partial charge in [0.1, 0.15) is 5.41 Å². The maximum Gasteiger partial charge on any atom is 0.250 e. The smallest absolute Gasteiger partial charge is 0.250 e. The van der Waals surface area contributed by atoms with Gasteiger partial charge in [-0.1, -0.05) is 24.3 Å². The number of rotatable bonds is 6. The van der Waals surface area contributed by atoms with Crippen LogP contribution >= 0.6 is 0 Å². The summed E-state index contributed by atoms with van der Waals surface area (Å²) in [6, 6.07) is 8.68. The number of sulfonamides is 1. The van der Waals surface area contributed by atoms with Crippen molar-refractivity contribution in [1.29, 1.82) is 0 Å². The van der Waals surface area contributed by atoms with Crippen LogP contribution in [0.4, 0.5) is 5.95 Å². The number of nitrogens with one attached hydrogen (secondary N) is 1. The minimum atomic E-state index is -3.26. The van der Waals surface area contributed by atoms with Crippen LogP contribution in [0.1, 0.15) is 29.9 Å². The van der Waals surface area contributed by atoms with Crippen molar-refractivity contribution in [3.05, 3.63) is 53.7 Å². The topological polar surface area (TPSA) is 134 Å². The van der Waals surface area contributed by atoms with Crippen molar-refractivity contribution in [2.45, 2.75) is 37.1 Å². The highest BCUT2D eigenvalue weighted by Crippen LogP contribution is 2.49. The van der Waals surface area contributed by atoms with Crippen molar-refractivity contribution >= 4 is 21.9 Å². The Kier molecular flexibility index (Phi) is 5.52. The summed E-state index contributed by atoms with van der Waals surface area (Å²) in [6.45, 7) is 1.28. The molecule has 0 unspecified atom stereocenters. The number of nitrogens with zero attached hydrogens (tertiary/aromatic N) is 6. The lowest BCUT2D eigenvalue weighted by Gasteiger charge is -2.34. The van der Waals surface area contributed by atoms with Gasteiger partial charge in [0.05, 0.1) is 11.8 Å². The lowest BCUT2D eigenvalue weighted by Crippen LogP contribution is -2.52. The van der Waals surface area contributed by atoms with Gasteiger partial charge in [-0.25, -0.2) is 18.4 Å². The fourth-order valence-electron chi connectivity index (χ4n) is 5.06. The van der Waals surface area contributed by atoms with Gasteiger partial charge < -0.3 is 14.6 Å². The van der Waals surface area contributed by atoms with E-state index in [4.69, 9.17) is 4.42 Å². The first kappa shape index (κ1) is 23.0. The highest BCUT2D eigenvalue weighted by molar-refractivity contribution is 7.88. The molecule has 0 radical (unpaired) electrons. The van der Waals surface area contributed by atoms with Crippen molar-refractivity contribution in [3.63, 3.8) is 0 Å². The molecule has 3 aromatic rings. The van der Waals surface area contributed by atoms with Crippen molar-refractivity contribution in [2.75, 3.05) is 37.8 Å². The Bertz CT molecular complexity index is 1370. The number of fused-ring (bicyclic) bond motifs is 1. The number of benzene rings is 1. The fourth-order valence-corrected chi connectivity index (χ4v) is 5.89. The summed E-state index contributed by atoms with van der Waals surface area (Å²) >= 11 is 0. The molecule has 1 N–H and O–H groups in total. The molecule has 1 saturated heterocycles. The Morgan fingerprint density at radius 1 is 1.03 bits per heavy atom. The molecule has 1 amide bonds. The zero-order chi connectivity index (χ0) is 24.9. The van der Waals surface area contributed by atoms with E-state index in [-0.39, 0.29) is 17.8 Å². The molecule has 3 heterocycles. The van der Waals surface area contributed by atoms with Crippen LogP contribution in [-0.2, 0) is 33.1 Å². The number of aromatic nitrogens is 4. The van der Waals surface area contributed by atoms with Crippen LogP contribution < -0.4 is 5.32 Å². The quantitative estimate of drug-likeness (QED) is 0.521. The maximum atomic E-state index is 13.3. The second-order valence-electron chi connectivity index (χ2n) is 9.76. The van der Waals surface area contributed by atoms with E-state index in [0.29, 0.717) is 56.4 Å². The molecule has 0 spiro atoms. The zero-order valence-corrected chi connectivity index (χ0v) is 20.7. The van der Waals surface area contributed by atoms with E-state index in [2.05, 4.69) is 49.7 Å². The normalized spacial score (nSPS) is 19.8. The molecule has 2 fully saturated rings. The predicted octanol–water partition coefficient (Wildman–Crippen LogP) is 1.24. The van der Waals surface area contributed by atoms with Gasteiger partial charge in [0.25, 0.3) is 5.89 Å². The van der Waals surface area contributed by atoms with Gasteiger partial charge in [-0.2, -0.15) is 4.31 Å². The van der Waals surface area contributed by atoms with E-state index < -0.39 is 15.4 Å². The van der Waals surface area contributed by atoms with Gasteiger partial charge in [-0.05, 0) is 36.8 Å².